The molecule has 8 atom stereocenters. The highest BCUT2D eigenvalue weighted by Crippen LogP contribution is 2.44. The number of rotatable bonds is 38. The van der Waals surface area contributed by atoms with E-state index in [1.54, 1.807) is 6.08 Å². The quantitative estimate of drug-likeness (QED) is 0.0137. The van der Waals surface area contributed by atoms with E-state index in [-0.39, 0.29) is 31.1 Å². The lowest BCUT2D eigenvalue weighted by molar-refractivity contribution is -0.161. The van der Waals surface area contributed by atoms with Crippen LogP contribution in [0.4, 0.5) is 0 Å². The zero-order valence-corrected chi connectivity index (χ0v) is 37.9. The van der Waals surface area contributed by atoms with E-state index in [0.717, 1.165) is 70.6 Å². The summed E-state index contributed by atoms with van der Waals surface area (Å²) >= 11 is 0. The molecular formula is C42H78O16P2. The van der Waals surface area contributed by atoms with Gasteiger partial charge in [0.05, 0.1) is 38.1 Å². The molecule has 0 bridgehead atoms. The number of ether oxygens (including phenoxy) is 2. The van der Waals surface area contributed by atoms with Crippen LogP contribution in [0.2, 0.25) is 0 Å². The molecule has 0 aromatic carbocycles. The number of unbranched alkanes of at least 4 members (excludes halogenated alkanes) is 14. The highest BCUT2D eigenvalue weighted by molar-refractivity contribution is 7.47. The van der Waals surface area contributed by atoms with Gasteiger partial charge in [0.1, 0.15) is 12.7 Å². The van der Waals surface area contributed by atoms with E-state index in [9.17, 15) is 44.0 Å². The second-order valence-corrected chi connectivity index (χ2v) is 18.6. The molecule has 0 amide bonds. The first-order valence-corrected chi connectivity index (χ1v) is 25.3. The van der Waals surface area contributed by atoms with E-state index in [1.807, 2.05) is 6.08 Å². The Labute approximate surface area is 358 Å². The van der Waals surface area contributed by atoms with Crippen molar-refractivity contribution in [3.63, 3.8) is 0 Å². The molecule has 0 radical (unpaired) electrons. The lowest BCUT2D eigenvalue weighted by atomic mass is 9.88. The first-order valence-electron chi connectivity index (χ1n) is 22.3. The summed E-state index contributed by atoms with van der Waals surface area (Å²) in [4.78, 5) is 52.9. The van der Waals surface area contributed by atoms with E-state index >= 15 is 0 Å². The largest absolute Gasteiger partial charge is 0.472 e. The van der Waals surface area contributed by atoms with Crippen molar-refractivity contribution in [1.29, 1.82) is 0 Å². The number of allylic oxidation sites excluding steroid dienone is 2. The van der Waals surface area contributed by atoms with Gasteiger partial charge in [-0.25, -0.2) is 9.13 Å². The number of carbonyl (C=O) groups is 2. The minimum Gasteiger partial charge on any atom is -0.462 e. The predicted octanol–water partition coefficient (Wildman–Crippen LogP) is 7.50. The van der Waals surface area contributed by atoms with E-state index in [0.29, 0.717) is 32.1 Å². The minimum atomic E-state index is -4.89. The molecule has 60 heavy (non-hydrogen) atoms. The third-order valence-corrected chi connectivity index (χ3v) is 11.8. The fourth-order valence-electron chi connectivity index (χ4n) is 6.97. The maximum atomic E-state index is 12.8. The van der Waals surface area contributed by atoms with Crippen LogP contribution < -0.4 is 0 Å². The van der Waals surface area contributed by atoms with Crippen molar-refractivity contribution in [1.82, 2.24) is 0 Å². The number of phosphoric acid groups is 2. The highest BCUT2D eigenvalue weighted by Gasteiger charge is 2.39. The van der Waals surface area contributed by atoms with Crippen LogP contribution in [0, 0.1) is 11.8 Å². The summed E-state index contributed by atoms with van der Waals surface area (Å²) < 4.78 is 47.8. The van der Waals surface area contributed by atoms with Gasteiger partial charge in [0.15, 0.2) is 6.10 Å². The predicted molar refractivity (Wildman–Crippen MR) is 227 cm³/mol. The molecule has 16 nitrogen and oxygen atoms in total. The molecular weight excluding hydrogens is 822 g/mol. The standard InChI is InChI=1S/C42H78O16P2/c1-3-5-7-8-9-10-11-12-13-14-15-16-21-25-41(47)54-32-36(33-57-60(52,53)56-31-35(44)30-55-59(49,50)51)58-42(48)26-22-18-17-20-24-37-38(40(46)29-39(37)45)28-27-34(43)23-19-6-4-2/h10-11,27-28,34-40,43-46H,3-9,12-26,29-33H2,1-2H3,(H,52,53)(H2,49,50,51)/b11-10-,28-27+/t34-,35-,36+,37+,38+,39-,40+/m0/s1. The smallest absolute Gasteiger partial charge is 0.462 e. The molecule has 18 heteroatoms. The van der Waals surface area contributed by atoms with Crippen molar-refractivity contribution in [2.75, 3.05) is 26.4 Å². The molecule has 1 saturated carbocycles. The van der Waals surface area contributed by atoms with Gasteiger partial charge >= 0.3 is 27.6 Å². The first-order chi connectivity index (χ1) is 28.6. The summed E-state index contributed by atoms with van der Waals surface area (Å²) in [6, 6.07) is 0. The number of esters is 2. The van der Waals surface area contributed by atoms with Crippen LogP contribution >= 0.6 is 15.6 Å². The number of aliphatic hydroxyl groups is 4. The van der Waals surface area contributed by atoms with Crippen LogP contribution in [0.3, 0.4) is 0 Å². The van der Waals surface area contributed by atoms with Crippen molar-refractivity contribution in [2.45, 2.75) is 192 Å². The van der Waals surface area contributed by atoms with Crippen LogP contribution in [0.5, 0.6) is 0 Å². The van der Waals surface area contributed by atoms with E-state index in [4.69, 9.17) is 23.8 Å². The Balaban J connectivity index is 2.56. The van der Waals surface area contributed by atoms with E-state index in [1.165, 1.54) is 25.7 Å². The van der Waals surface area contributed by atoms with Crippen molar-refractivity contribution >= 4 is 27.6 Å². The Morgan fingerprint density at radius 2 is 1.22 bits per heavy atom. The lowest BCUT2D eigenvalue weighted by Gasteiger charge is -2.21. The number of phosphoric ester groups is 2. The molecule has 1 aliphatic carbocycles. The molecule has 0 aliphatic heterocycles. The van der Waals surface area contributed by atoms with Crippen molar-refractivity contribution in [2.24, 2.45) is 11.8 Å². The molecule has 1 rings (SSSR count). The normalized spacial score (nSPS) is 21.0. The maximum absolute atomic E-state index is 12.8. The zero-order chi connectivity index (χ0) is 44.7. The SMILES string of the molecule is CCCCCC/C=C\CCCCCCCC(=O)OC[C@H](COP(=O)(O)OC[C@@H](O)COP(=O)(O)O)OC(=O)CCCCCC[C@@H]1[C@@H](/C=C/[C@@H](O)CCCCC)[C@H](O)C[C@@H]1O. The van der Waals surface area contributed by atoms with Gasteiger partial charge in [0.25, 0.3) is 0 Å². The van der Waals surface area contributed by atoms with Crippen molar-refractivity contribution in [3.8, 4) is 0 Å². The average Bonchev–Trinajstić information content (AvgIpc) is 3.46. The second-order valence-electron chi connectivity index (χ2n) is 15.9. The van der Waals surface area contributed by atoms with Gasteiger partial charge in [-0.15, -0.1) is 0 Å². The van der Waals surface area contributed by atoms with Crippen LogP contribution in [0.1, 0.15) is 162 Å². The average molecular weight is 901 g/mol. The summed E-state index contributed by atoms with van der Waals surface area (Å²) in [6.07, 6.45) is 22.4. The van der Waals surface area contributed by atoms with Crippen LogP contribution in [-0.2, 0) is 41.8 Å². The molecule has 1 fully saturated rings. The topological polar surface area (TPSA) is 256 Å². The van der Waals surface area contributed by atoms with E-state index in [2.05, 4.69) is 35.0 Å². The molecule has 0 heterocycles. The molecule has 0 aromatic heterocycles. The molecule has 352 valence electrons. The van der Waals surface area contributed by atoms with Crippen molar-refractivity contribution in [3.05, 3.63) is 24.3 Å². The van der Waals surface area contributed by atoms with Crippen molar-refractivity contribution < 1.29 is 76.9 Å². The zero-order valence-electron chi connectivity index (χ0n) is 36.1. The van der Waals surface area contributed by atoms with Crippen LogP contribution in [0.25, 0.3) is 0 Å². The molecule has 7 N–H and O–H groups in total. The number of carbonyl (C=O) groups excluding carboxylic acids is 2. The van der Waals surface area contributed by atoms with Crippen LogP contribution in [0.15, 0.2) is 24.3 Å². The number of aliphatic hydroxyl groups excluding tert-OH is 4. The monoisotopic (exact) mass is 900 g/mol. The Kier molecular flexibility index (Phi) is 32.0. The number of hydrogen-bond acceptors (Lipinski definition) is 13. The van der Waals surface area contributed by atoms with Gasteiger partial charge in [-0.3, -0.25) is 23.2 Å². The summed E-state index contributed by atoms with van der Waals surface area (Å²) in [5.74, 6) is -1.57. The van der Waals surface area contributed by atoms with Gasteiger partial charge in [0, 0.05) is 25.2 Å². The second kappa shape index (κ2) is 34.0. The third-order valence-electron chi connectivity index (χ3n) is 10.4. The lowest BCUT2D eigenvalue weighted by Crippen LogP contribution is -2.30. The Morgan fingerprint density at radius 1 is 0.667 bits per heavy atom. The summed E-state index contributed by atoms with van der Waals surface area (Å²) in [5, 5.41) is 41.2. The van der Waals surface area contributed by atoms with Gasteiger partial charge < -0.3 is 44.6 Å². The summed E-state index contributed by atoms with van der Waals surface area (Å²) in [6.45, 7) is 1.39. The van der Waals surface area contributed by atoms with Gasteiger partial charge in [-0.1, -0.05) is 115 Å². The van der Waals surface area contributed by atoms with Gasteiger partial charge in [0.2, 0.25) is 0 Å². The fourth-order valence-corrected chi connectivity index (χ4v) is 8.12. The molecule has 0 spiro atoms. The number of hydrogen-bond donors (Lipinski definition) is 7. The third kappa shape index (κ3) is 30.5. The highest BCUT2D eigenvalue weighted by atomic mass is 31.2. The molecule has 0 aromatic rings. The minimum absolute atomic E-state index is 0.00426. The summed E-state index contributed by atoms with van der Waals surface area (Å²) in [5.41, 5.74) is 0. The first kappa shape index (κ1) is 56.5. The van der Waals surface area contributed by atoms with E-state index < -0.39 is 84.5 Å². The van der Waals surface area contributed by atoms with Gasteiger partial charge in [-0.05, 0) is 57.3 Å². The Morgan fingerprint density at radius 3 is 1.87 bits per heavy atom. The maximum Gasteiger partial charge on any atom is 0.472 e. The Bertz CT molecular complexity index is 1280. The van der Waals surface area contributed by atoms with Gasteiger partial charge in [-0.2, -0.15) is 0 Å². The molecule has 0 saturated heterocycles. The molecule has 1 aliphatic rings. The fraction of sp³-hybridized carbons (Fsp3) is 0.857. The van der Waals surface area contributed by atoms with Crippen LogP contribution in [-0.4, -0.2) is 104 Å². The summed E-state index contributed by atoms with van der Waals surface area (Å²) in [7, 11) is -9.76. The Hall–Kier alpha value is -1.52. The molecule has 1 unspecified atom stereocenters.